The van der Waals surface area contributed by atoms with E-state index in [2.05, 4.69) is 15.6 Å². The number of carbonyl (C=O) groups excluding carboxylic acids is 3. The number of amides is 2. The Kier molecular flexibility index (Phi) is 5.32. The summed E-state index contributed by atoms with van der Waals surface area (Å²) in [5, 5.41) is 0.270. The molecule has 6 nitrogen and oxygen atoms in total. The van der Waals surface area contributed by atoms with Crippen molar-refractivity contribution in [3.63, 3.8) is 0 Å². The lowest BCUT2D eigenvalue weighted by Gasteiger charge is -2.09. The van der Waals surface area contributed by atoms with E-state index < -0.39 is 17.8 Å². The van der Waals surface area contributed by atoms with Crippen LogP contribution in [0.25, 0.3) is 0 Å². The van der Waals surface area contributed by atoms with Crippen LogP contribution in [0, 0.1) is 0 Å². The molecule has 0 saturated carbocycles. The van der Waals surface area contributed by atoms with Gasteiger partial charge in [-0.1, -0.05) is 29.8 Å². The first-order chi connectivity index (χ1) is 11.0. The summed E-state index contributed by atoms with van der Waals surface area (Å²) in [4.78, 5) is 35.4. The number of carbonyl (C=O) groups is 3. The molecule has 0 atom stereocenters. The SMILES string of the molecule is COC(=O)c1cccc(C(=O)NNC(=O)c2ccccc2Cl)c1. The van der Waals surface area contributed by atoms with Gasteiger partial charge in [0.1, 0.15) is 0 Å². The summed E-state index contributed by atoms with van der Waals surface area (Å²) in [6, 6.07) is 12.4. The molecule has 0 aromatic heterocycles. The number of esters is 1. The molecular weight excluding hydrogens is 320 g/mol. The lowest BCUT2D eigenvalue weighted by molar-refractivity contribution is 0.0600. The second-order valence-electron chi connectivity index (χ2n) is 4.46. The number of rotatable bonds is 3. The molecule has 0 aliphatic heterocycles. The zero-order valence-corrected chi connectivity index (χ0v) is 12.9. The Morgan fingerprint density at radius 2 is 1.57 bits per heavy atom. The Morgan fingerprint density at radius 3 is 2.26 bits per heavy atom. The monoisotopic (exact) mass is 332 g/mol. The van der Waals surface area contributed by atoms with Crippen LogP contribution in [0.2, 0.25) is 5.02 Å². The van der Waals surface area contributed by atoms with Crippen molar-refractivity contribution in [2.24, 2.45) is 0 Å². The maximum Gasteiger partial charge on any atom is 0.337 e. The minimum absolute atomic E-state index is 0.201. The number of ether oxygens (including phenoxy) is 1. The number of methoxy groups -OCH3 is 1. The molecular formula is C16H13ClN2O4. The third-order valence-electron chi connectivity index (χ3n) is 2.95. The van der Waals surface area contributed by atoms with Gasteiger partial charge in [-0.3, -0.25) is 20.4 Å². The van der Waals surface area contributed by atoms with Crippen LogP contribution in [0.15, 0.2) is 48.5 Å². The lowest BCUT2D eigenvalue weighted by Crippen LogP contribution is -2.41. The van der Waals surface area contributed by atoms with Crippen molar-refractivity contribution in [2.75, 3.05) is 7.11 Å². The van der Waals surface area contributed by atoms with E-state index in [0.717, 1.165) is 0 Å². The maximum atomic E-state index is 12.0. The molecule has 0 bridgehead atoms. The molecule has 0 aliphatic carbocycles. The van der Waals surface area contributed by atoms with Crippen LogP contribution in [0.5, 0.6) is 0 Å². The van der Waals surface area contributed by atoms with Crippen LogP contribution in [-0.4, -0.2) is 24.9 Å². The largest absolute Gasteiger partial charge is 0.465 e. The molecule has 23 heavy (non-hydrogen) atoms. The van der Waals surface area contributed by atoms with Crippen LogP contribution >= 0.6 is 11.6 Å². The van der Waals surface area contributed by atoms with Gasteiger partial charge in [0.2, 0.25) is 0 Å². The van der Waals surface area contributed by atoms with E-state index in [1.54, 1.807) is 18.2 Å². The number of nitrogens with one attached hydrogen (secondary N) is 2. The van der Waals surface area contributed by atoms with Gasteiger partial charge in [-0.2, -0.15) is 0 Å². The Bertz CT molecular complexity index is 761. The summed E-state index contributed by atoms with van der Waals surface area (Å²) < 4.78 is 4.59. The fourth-order valence-corrected chi connectivity index (χ4v) is 2.03. The lowest BCUT2D eigenvalue weighted by atomic mass is 10.1. The van der Waals surface area contributed by atoms with Gasteiger partial charge in [-0.15, -0.1) is 0 Å². The zero-order valence-electron chi connectivity index (χ0n) is 12.1. The van der Waals surface area contributed by atoms with Crippen LogP contribution < -0.4 is 10.9 Å². The van der Waals surface area contributed by atoms with Crippen molar-refractivity contribution in [1.29, 1.82) is 0 Å². The van der Waals surface area contributed by atoms with Crippen molar-refractivity contribution >= 4 is 29.4 Å². The van der Waals surface area contributed by atoms with Gasteiger partial charge in [0, 0.05) is 5.56 Å². The molecule has 118 valence electrons. The summed E-state index contributed by atoms with van der Waals surface area (Å²) in [5.41, 5.74) is 5.19. The molecule has 2 amide bonds. The smallest absolute Gasteiger partial charge is 0.337 e. The molecule has 0 aliphatic rings. The molecule has 0 spiro atoms. The van der Waals surface area contributed by atoms with E-state index in [-0.39, 0.29) is 21.7 Å². The molecule has 0 radical (unpaired) electrons. The van der Waals surface area contributed by atoms with Gasteiger partial charge in [0.15, 0.2) is 0 Å². The summed E-state index contributed by atoms with van der Waals surface area (Å²) in [5.74, 6) is -1.68. The highest BCUT2D eigenvalue weighted by atomic mass is 35.5. The molecule has 0 heterocycles. The normalized spacial score (nSPS) is 9.83. The first kappa shape index (κ1) is 16.5. The number of halogens is 1. The topological polar surface area (TPSA) is 84.5 Å². The van der Waals surface area contributed by atoms with Gasteiger partial charge >= 0.3 is 5.97 Å². The average molecular weight is 333 g/mol. The molecule has 2 aromatic carbocycles. The Morgan fingerprint density at radius 1 is 0.913 bits per heavy atom. The predicted molar refractivity (Wildman–Crippen MR) is 84.2 cm³/mol. The second kappa shape index (κ2) is 7.42. The summed E-state index contributed by atoms with van der Waals surface area (Å²) >= 11 is 5.90. The third-order valence-corrected chi connectivity index (χ3v) is 3.28. The Balaban J connectivity index is 2.04. The summed E-state index contributed by atoms with van der Waals surface area (Å²) in [7, 11) is 1.25. The minimum Gasteiger partial charge on any atom is -0.465 e. The quantitative estimate of drug-likeness (QED) is 0.666. The average Bonchev–Trinajstić information content (AvgIpc) is 2.59. The number of hydrazine groups is 1. The highest BCUT2D eigenvalue weighted by molar-refractivity contribution is 6.33. The van der Waals surface area contributed by atoms with E-state index in [4.69, 9.17) is 11.6 Å². The molecule has 2 N–H and O–H groups in total. The molecule has 2 aromatic rings. The zero-order chi connectivity index (χ0) is 16.8. The van der Waals surface area contributed by atoms with Crippen molar-refractivity contribution < 1.29 is 19.1 Å². The predicted octanol–water partition coefficient (Wildman–Crippen LogP) is 2.20. The standard InChI is InChI=1S/C16H13ClN2O4/c1-23-16(22)11-6-4-5-10(9-11)14(20)18-19-15(21)12-7-2-3-8-13(12)17/h2-9H,1H3,(H,18,20)(H,19,21). The van der Waals surface area contributed by atoms with E-state index in [9.17, 15) is 14.4 Å². The van der Waals surface area contributed by atoms with Gasteiger partial charge in [0.25, 0.3) is 11.8 Å². The molecule has 0 saturated heterocycles. The fraction of sp³-hybridized carbons (Fsp3) is 0.0625. The number of hydrogen-bond acceptors (Lipinski definition) is 4. The fourth-order valence-electron chi connectivity index (χ4n) is 1.80. The van der Waals surface area contributed by atoms with Gasteiger partial charge in [-0.25, -0.2) is 4.79 Å². The molecule has 2 rings (SSSR count). The Labute approximate surface area is 137 Å². The van der Waals surface area contributed by atoms with E-state index in [1.165, 1.54) is 37.4 Å². The van der Waals surface area contributed by atoms with Crippen LogP contribution in [0.1, 0.15) is 31.1 Å². The molecule has 7 heteroatoms. The summed E-state index contributed by atoms with van der Waals surface area (Å²) in [6.45, 7) is 0. The minimum atomic E-state index is -0.573. The Hall–Kier alpha value is -2.86. The highest BCUT2D eigenvalue weighted by Gasteiger charge is 2.13. The highest BCUT2D eigenvalue weighted by Crippen LogP contribution is 2.14. The van der Waals surface area contributed by atoms with Crippen molar-refractivity contribution in [1.82, 2.24) is 10.9 Å². The van der Waals surface area contributed by atoms with Gasteiger partial charge in [0.05, 0.1) is 23.3 Å². The molecule has 0 fully saturated rings. The molecule has 0 unspecified atom stereocenters. The first-order valence-corrected chi connectivity index (χ1v) is 6.94. The van der Waals surface area contributed by atoms with E-state index in [0.29, 0.717) is 0 Å². The second-order valence-corrected chi connectivity index (χ2v) is 4.87. The summed E-state index contributed by atoms with van der Waals surface area (Å²) in [6.07, 6.45) is 0. The van der Waals surface area contributed by atoms with Crippen LogP contribution in [0.3, 0.4) is 0 Å². The van der Waals surface area contributed by atoms with Crippen molar-refractivity contribution in [3.8, 4) is 0 Å². The number of hydrogen-bond donors (Lipinski definition) is 2. The van der Waals surface area contributed by atoms with Gasteiger partial charge in [-0.05, 0) is 30.3 Å². The van der Waals surface area contributed by atoms with Crippen LogP contribution in [-0.2, 0) is 4.74 Å². The first-order valence-electron chi connectivity index (χ1n) is 6.56. The van der Waals surface area contributed by atoms with E-state index >= 15 is 0 Å². The van der Waals surface area contributed by atoms with Gasteiger partial charge < -0.3 is 4.74 Å². The maximum absolute atomic E-state index is 12.0. The van der Waals surface area contributed by atoms with E-state index in [1.807, 2.05) is 0 Å². The third kappa shape index (κ3) is 4.08. The van der Waals surface area contributed by atoms with Crippen molar-refractivity contribution in [2.45, 2.75) is 0 Å². The number of benzene rings is 2. The van der Waals surface area contributed by atoms with Crippen molar-refractivity contribution in [3.05, 3.63) is 70.2 Å². The van der Waals surface area contributed by atoms with Crippen LogP contribution in [0.4, 0.5) is 0 Å².